The van der Waals surface area contributed by atoms with Gasteiger partial charge in [-0.2, -0.15) is 30.4 Å². The van der Waals surface area contributed by atoms with Crippen LogP contribution in [0.15, 0.2) is 144 Å². The summed E-state index contributed by atoms with van der Waals surface area (Å²) in [5.74, 6) is -1.01. The van der Waals surface area contributed by atoms with E-state index in [9.17, 15) is 48.8 Å². The Kier molecular flexibility index (Phi) is 11.1. The summed E-state index contributed by atoms with van der Waals surface area (Å²) >= 11 is 0. The molecule has 0 aliphatic rings. The number of aromatic hydroxyl groups is 1. The number of carbonyl (C=O) groups excluding carboxylic acids is 1. The molecule has 0 bridgehead atoms. The Hall–Kier alpha value is -7.08. The van der Waals surface area contributed by atoms with E-state index in [1.807, 2.05) is 0 Å². The largest absolute Gasteiger partial charge is 0.505 e. The van der Waals surface area contributed by atoms with Crippen molar-refractivity contribution >= 4 is 108 Å². The molecule has 7 aromatic rings. The van der Waals surface area contributed by atoms with Crippen LogP contribution < -0.4 is 22.9 Å². The first kappa shape index (κ1) is 41.6. The van der Waals surface area contributed by atoms with Gasteiger partial charge in [0.05, 0.1) is 32.2 Å². The molecule has 0 atom stereocenters. The van der Waals surface area contributed by atoms with Crippen molar-refractivity contribution in [2.24, 2.45) is 26.2 Å². The average Bonchev–Trinajstić information content (AvgIpc) is 3.17. The minimum atomic E-state index is -4.58. The van der Waals surface area contributed by atoms with Gasteiger partial charge < -0.3 is 28.0 Å². The summed E-state index contributed by atoms with van der Waals surface area (Å²) in [4.78, 5) is 10.0. The lowest BCUT2D eigenvalue weighted by Crippen LogP contribution is -2.10. The topological polar surface area (TPSA) is 354 Å². The molecule has 19 nitrogen and oxygen atoms in total. The molecule has 1 amide bonds. The minimum Gasteiger partial charge on any atom is -0.505 e. The minimum absolute atomic E-state index is 0.00956. The summed E-state index contributed by atoms with van der Waals surface area (Å²) in [6.07, 6.45) is 0. The Morgan fingerprint density at radius 3 is 1.53 bits per heavy atom. The summed E-state index contributed by atoms with van der Waals surface area (Å²) in [5, 5.41) is 28.7. The van der Waals surface area contributed by atoms with E-state index in [4.69, 9.17) is 22.9 Å². The molecule has 0 aromatic heterocycles. The first-order valence-corrected chi connectivity index (χ1v) is 20.8. The van der Waals surface area contributed by atoms with Gasteiger partial charge in [0, 0.05) is 49.6 Å². The number of azo groups is 2. The number of anilines is 3. The maximum atomic E-state index is 11.6. The molecule has 59 heavy (non-hydrogen) atoms. The second-order valence-electron chi connectivity index (χ2n) is 12.5. The zero-order chi connectivity index (χ0) is 43.0. The smallest absolute Gasteiger partial charge is 0.295 e. The van der Waals surface area contributed by atoms with Crippen LogP contribution in [0.3, 0.4) is 0 Å². The van der Waals surface area contributed by atoms with E-state index < -0.39 is 46.9 Å². The van der Waals surface area contributed by atoms with Crippen molar-refractivity contribution < 1.29 is 48.8 Å². The Labute approximate surface area is 334 Å². The zero-order valence-electron chi connectivity index (χ0n) is 29.9. The van der Waals surface area contributed by atoms with Gasteiger partial charge >= 0.3 is 0 Å². The molecule has 22 heteroatoms. The van der Waals surface area contributed by atoms with E-state index in [1.165, 1.54) is 78.9 Å². The van der Waals surface area contributed by atoms with Crippen LogP contribution >= 0.6 is 0 Å². The number of benzene rings is 7. The quantitative estimate of drug-likeness (QED) is 0.0435. The van der Waals surface area contributed by atoms with Crippen molar-refractivity contribution in [3.05, 3.63) is 115 Å². The predicted octanol–water partition coefficient (Wildman–Crippen LogP) is 6.95. The first-order valence-electron chi connectivity index (χ1n) is 16.5. The number of hydrogen-bond donors (Lipinski definition) is 8. The summed E-state index contributed by atoms with van der Waals surface area (Å²) in [5.41, 5.74) is 25.1. The normalized spacial score (nSPS) is 12.3. The fourth-order valence-electron chi connectivity index (χ4n) is 5.80. The maximum Gasteiger partial charge on any atom is 0.295 e. The van der Waals surface area contributed by atoms with E-state index in [0.29, 0.717) is 44.5 Å². The Morgan fingerprint density at radius 2 is 0.949 bits per heavy atom. The number of nitrogen functional groups attached to an aromatic ring is 3. The SMILES string of the molecule is NC(=O)c1ccc(N=Nc2ccc(N)c3cc(S(=O)(=O)O)ccc23)cc1.Nc1ccc(N=Nc2ccc3c(S(=O)(=O)O)ccc(N)c3c2O)c2cc(S(=O)(=O)O)ccc12. The van der Waals surface area contributed by atoms with Crippen LogP contribution in [0.25, 0.3) is 32.3 Å². The van der Waals surface area contributed by atoms with Gasteiger partial charge in [-0.25, -0.2) is 0 Å². The molecule has 0 heterocycles. The van der Waals surface area contributed by atoms with Gasteiger partial charge in [0.25, 0.3) is 30.4 Å². The second kappa shape index (κ2) is 15.7. The molecule has 0 saturated carbocycles. The molecule has 0 aliphatic carbocycles. The second-order valence-corrected chi connectivity index (χ2v) is 16.7. The molecule has 7 rings (SSSR count). The number of fused-ring (bicyclic) bond motifs is 3. The highest BCUT2D eigenvalue weighted by molar-refractivity contribution is 7.86. The number of primary amides is 1. The molecular weight excluding hydrogens is 829 g/mol. The Bertz CT molecular complexity index is 3270. The summed E-state index contributed by atoms with van der Waals surface area (Å²) < 4.78 is 96.8. The van der Waals surface area contributed by atoms with Crippen LogP contribution in [-0.2, 0) is 30.4 Å². The lowest BCUT2D eigenvalue weighted by molar-refractivity contribution is 0.1000. The molecular formula is C37H30N8O11S3. The van der Waals surface area contributed by atoms with Gasteiger partial charge in [0.1, 0.15) is 10.6 Å². The van der Waals surface area contributed by atoms with E-state index in [0.717, 1.165) is 6.07 Å². The standard InChI is InChI=1S/C20H16N4O7S2.C17H14N4O4S/c21-14-4-7-16(13-9-10(32(26,27)28)1-2-11(13)14)23-24-17-6-3-12-18(33(29,30)31)8-5-15(22)19(12)20(17)25;18-15-7-8-16(13-6-5-12(9-14(13)15)26(23,24)25)21-20-11-3-1-10(2-4-11)17(19)22/h1-9,25H,21-22H2,(H,26,27,28)(H,29,30,31);1-9H,18H2,(H2,19,22)(H,23,24,25). The monoisotopic (exact) mass is 858 g/mol. The van der Waals surface area contributed by atoms with Gasteiger partial charge in [0.2, 0.25) is 5.91 Å². The third-order valence-corrected chi connectivity index (χ3v) is 11.3. The summed E-state index contributed by atoms with van der Waals surface area (Å²) in [7, 11) is -13.4. The van der Waals surface area contributed by atoms with Gasteiger partial charge in [-0.3, -0.25) is 18.5 Å². The van der Waals surface area contributed by atoms with Crippen LogP contribution in [0, 0.1) is 0 Å². The van der Waals surface area contributed by atoms with Crippen LogP contribution in [0.2, 0.25) is 0 Å². The number of carbonyl (C=O) groups is 1. The van der Waals surface area contributed by atoms with Crippen LogP contribution in [0.5, 0.6) is 5.75 Å². The number of nitrogens with two attached hydrogens (primary N) is 4. The Balaban J connectivity index is 0.000000204. The van der Waals surface area contributed by atoms with Crippen LogP contribution in [0.1, 0.15) is 10.4 Å². The zero-order valence-corrected chi connectivity index (χ0v) is 32.3. The molecule has 0 unspecified atom stereocenters. The van der Waals surface area contributed by atoms with E-state index >= 15 is 0 Å². The van der Waals surface area contributed by atoms with Crippen LogP contribution in [0.4, 0.5) is 39.8 Å². The molecule has 0 fully saturated rings. The summed E-state index contributed by atoms with van der Waals surface area (Å²) in [6, 6.07) is 25.2. The fourth-order valence-corrected chi connectivity index (χ4v) is 7.50. The van der Waals surface area contributed by atoms with E-state index in [-0.39, 0.29) is 43.0 Å². The highest BCUT2D eigenvalue weighted by Gasteiger charge is 2.20. The number of amides is 1. The van der Waals surface area contributed by atoms with Gasteiger partial charge in [-0.15, -0.1) is 15.3 Å². The van der Waals surface area contributed by atoms with Crippen molar-refractivity contribution in [2.75, 3.05) is 17.2 Å². The number of rotatable bonds is 8. The third kappa shape index (κ3) is 8.91. The molecule has 12 N–H and O–H groups in total. The van der Waals surface area contributed by atoms with Crippen LogP contribution in [-0.4, -0.2) is 49.9 Å². The first-order chi connectivity index (χ1) is 27.6. The summed E-state index contributed by atoms with van der Waals surface area (Å²) in [6.45, 7) is 0. The molecule has 0 saturated heterocycles. The molecule has 0 radical (unpaired) electrons. The average molecular weight is 859 g/mol. The highest BCUT2D eigenvalue weighted by Crippen LogP contribution is 2.42. The number of hydrogen-bond acceptors (Lipinski definition) is 15. The third-order valence-electron chi connectivity index (χ3n) is 8.69. The van der Waals surface area contributed by atoms with Crippen molar-refractivity contribution in [2.45, 2.75) is 14.7 Å². The fraction of sp³-hybridized carbons (Fsp3) is 0. The number of phenolic OH excluding ortho intramolecular Hbond substituents is 1. The lowest BCUT2D eigenvalue weighted by Gasteiger charge is -2.10. The van der Waals surface area contributed by atoms with E-state index in [1.54, 1.807) is 24.3 Å². The van der Waals surface area contributed by atoms with Crippen molar-refractivity contribution in [3.8, 4) is 5.75 Å². The number of nitrogens with zero attached hydrogens (tertiary/aromatic N) is 4. The van der Waals surface area contributed by atoms with Crippen molar-refractivity contribution in [3.63, 3.8) is 0 Å². The predicted molar refractivity (Wildman–Crippen MR) is 220 cm³/mol. The molecule has 7 aromatic carbocycles. The lowest BCUT2D eigenvalue weighted by atomic mass is 10.1. The van der Waals surface area contributed by atoms with Gasteiger partial charge in [-0.1, -0.05) is 18.2 Å². The molecule has 302 valence electrons. The maximum absolute atomic E-state index is 11.6. The number of phenols is 1. The van der Waals surface area contributed by atoms with E-state index in [2.05, 4.69) is 20.5 Å². The Morgan fingerprint density at radius 1 is 0.475 bits per heavy atom. The highest BCUT2D eigenvalue weighted by atomic mass is 32.2. The van der Waals surface area contributed by atoms with Crippen molar-refractivity contribution in [1.29, 1.82) is 0 Å². The van der Waals surface area contributed by atoms with Gasteiger partial charge in [-0.05, 0) is 91.0 Å². The molecule has 0 aliphatic heterocycles. The van der Waals surface area contributed by atoms with Gasteiger partial charge in [0.15, 0.2) is 5.75 Å². The molecule has 0 spiro atoms. The van der Waals surface area contributed by atoms with Crippen molar-refractivity contribution in [1.82, 2.24) is 0 Å².